The van der Waals surface area contributed by atoms with Crippen molar-refractivity contribution < 1.29 is 13.8 Å². The summed E-state index contributed by atoms with van der Waals surface area (Å²) >= 11 is 0. The molecular weight excluding hydrogens is 282 g/mol. The van der Waals surface area contributed by atoms with Crippen molar-refractivity contribution in [2.75, 3.05) is 6.54 Å². The molecule has 2 aromatic heterocycles. The molecule has 0 radical (unpaired) electrons. The van der Waals surface area contributed by atoms with E-state index in [1.807, 2.05) is 11.0 Å². The molecule has 1 amide bonds. The maximum absolute atomic E-state index is 12.8. The number of likely N-dealkylation sites (tertiary alicyclic amines) is 1. The highest BCUT2D eigenvalue weighted by Gasteiger charge is 2.35. The number of nitrogens with zero attached hydrogens (tertiary/aromatic N) is 3. The molecule has 2 aromatic rings. The predicted molar refractivity (Wildman–Crippen MR) is 79.6 cm³/mol. The lowest BCUT2D eigenvalue weighted by atomic mass is 10.1. The summed E-state index contributed by atoms with van der Waals surface area (Å²) in [6, 6.07) is 1.94. The molecule has 0 spiro atoms. The zero-order valence-corrected chi connectivity index (χ0v) is 13.4. The van der Waals surface area contributed by atoms with E-state index < -0.39 is 0 Å². The molecule has 6 heteroatoms. The number of amides is 1. The molecule has 0 aliphatic carbocycles. The fourth-order valence-electron chi connectivity index (χ4n) is 2.98. The van der Waals surface area contributed by atoms with E-state index in [9.17, 15) is 4.79 Å². The van der Waals surface area contributed by atoms with E-state index in [0.717, 1.165) is 30.8 Å². The molecule has 3 heterocycles. The molecule has 1 aliphatic rings. The third kappa shape index (κ3) is 2.42. The van der Waals surface area contributed by atoms with Gasteiger partial charge < -0.3 is 13.9 Å². The SMILES string of the molecule is Cc1noc(C)c1C(=O)N1CCC[C@@H]1c1cc(C(C)C)on1. The zero-order chi connectivity index (χ0) is 15.9. The van der Waals surface area contributed by atoms with E-state index in [2.05, 4.69) is 24.2 Å². The summed E-state index contributed by atoms with van der Waals surface area (Å²) in [6.45, 7) is 8.40. The summed E-state index contributed by atoms with van der Waals surface area (Å²) in [5, 5.41) is 8.05. The Bertz CT molecular complexity index is 667. The van der Waals surface area contributed by atoms with Gasteiger partial charge in [0, 0.05) is 18.5 Å². The molecule has 6 nitrogen and oxygen atoms in total. The van der Waals surface area contributed by atoms with Crippen LogP contribution >= 0.6 is 0 Å². The number of carbonyl (C=O) groups excluding carboxylic acids is 1. The molecule has 1 aliphatic heterocycles. The van der Waals surface area contributed by atoms with E-state index in [4.69, 9.17) is 9.05 Å². The average Bonchev–Trinajstić information content (AvgIpc) is 3.17. The van der Waals surface area contributed by atoms with Crippen molar-refractivity contribution in [3.63, 3.8) is 0 Å². The van der Waals surface area contributed by atoms with Crippen LogP contribution in [0.3, 0.4) is 0 Å². The van der Waals surface area contributed by atoms with Gasteiger partial charge in [-0.1, -0.05) is 24.2 Å². The second-order valence-corrected chi connectivity index (χ2v) is 6.16. The molecule has 22 heavy (non-hydrogen) atoms. The summed E-state index contributed by atoms with van der Waals surface area (Å²) in [5.41, 5.74) is 2.04. The Hall–Kier alpha value is -2.11. The van der Waals surface area contributed by atoms with Crippen LogP contribution < -0.4 is 0 Å². The highest BCUT2D eigenvalue weighted by molar-refractivity contribution is 5.96. The van der Waals surface area contributed by atoms with Crippen molar-refractivity contribution in [1.82, 2.24) is 15.2 Å². The summed E-state index contributed by atoms with van der Waals surface area (Å²) in [7, 11) is 0. The fraction of sp³-hybridized carbons (Fsp3) is 0.562. The number of rotatable bonds is 3. The van der Waals surface area contributed by atoms with Crippen molar-refractivity contribution in [3.8, 4) is 0 Å². The summed E-state index contributed by atoms with van der Waals surface area (Å²) < 4.78 is 10.5. The van der Waals surface area contributed by atoms with Crippen LogP contribution in [0.25, 0.3) is 0 Å². The summed E-state index contributed by atoms with van der Waals surface area (Å²) in [6.07, 6.45) is 1.86. The van der Waals surface area contributed by atoms with Gasteiger partial charge in [-0.2, -0.15) is 0 Å². The lowest BCUT2D eigenvalue weighted by Crippen LogP contribution is -2.31. The van der Waals surface area contributed by atoms with E-state index in [0.29, 0.717) is 17.0 Å². The Labute approximate surface area is 129 Å². The molecule has 1 atom stereocenters. The first-order valence-electron chi connectivity index (χ1n) is 7.69. The Morgan fingerprint density at radius 2 is 2.09 bits per heavy atom. The van der Waals surface area contributed by atoms with Crippen molar-refractivity contribution >= 4 is 5.91 Å². The van der Waals surface area contributed by atoms with Crippen LogP contribution in [0.4, 0.5) is 0 Å². The monoisotopic (exact) mass is 303 g/mol. The first-order chi connectivity index (χ1) is 10.5. The molecule has 0 aromatic carbocycles. The van der Waals surface area contributed by atoms with Crippen LogP contribution in [-0.2, 0) is 0 Å². The molecule has 0 unspecified atom stereocenters. The van der Waals surface area contributed by atoms with E-state index in [1.165, 1.54) is 0 Å². The molecule has 0 saturated carbocycles. The molecule has 0 bridgehead atoms. The largest absolute Gasteiger partial charge is 0.361 e. The summed E-state index contributed by atoms with van der Waals surface area (Å²) in [4.78, 5) is 14.7. The van der Waals surface area contributed by atoms with Crippen LogP contribution in [0.5, 0.6) is 0 Å². The predicted octanol–water partition coefficient (Wildman–Crippen LogP) is 3.38. The fourth-order valence-corrected chi connectivity index (χ4v) is 2.98. The Kier molecular flexibility index (Phi) is 3.76. The molecule has 3 rings (SSSR count). The van der Waals surface area contributed by atoms with Crippen molar-refractivity contribution in [3.05, 3.63) is 34.5 Å². The third-order valence-electron chi connectivity index (χ3n) is 4.22. The van der Waals surface area contributed by atoms with Gasteiger partial charge in [-0.25, -0.2) is 0 Å². The van der Waals surface area contributed by atoms with Crippen LogP contribution in [0.2, 0.25) is 0 Å². The number of hydrogen-bond donors (Lipinski definition) is 0. The normalized spacial score (nSPS) is 18.4. The number of aromatic nitrogens is 2. The van der Waals surface area contributed by atoms with Gasteiger partial charge in [-0.3, -0.25) is 4.79 Å². The minimum atomic E-state index is -0.0344. The van der Waals surface area contributed by atoms with Gasteiger partial charge in [0.25, 0.3) is 5.91 Å². The first-order valence-corrected chi connectivity index (χ1v) is 7.69. The van der Waals surface area contributed by atoms with E-state index >= 15 is 0 Å². The maximum Gasteiger partial charge on any atom is 0.259 e. The average molecular weight is 303 g/mol. The van der Waals surface area contributed by atoms with Crippen LogP contribution in [0.1, 0.15) is 71.9 Å². The van der Waals surface area contributed by atoms with E-state index in [-0.39, 0.29) is 17.9 Å². The van der Waals surface area contributed by atoms with Gasteiger partial charge >= 0.3 is 0 Å². The Morgan fingerprint density at radius 3 is 2.68 bits per heavy atom. The van der Waals surface area contributed by atoms with Gasteiger partial charge in [0.2, 0.25) is 0 Å². The van der Waals surface area contributed by atoms with Crippen molar-refractivity contribution in [2.45, 2.75) is 52.5 Å². The van der Waals surface area contributed by atoms with Crippen molar-refractivity contribution in [2.24, 2.45) is 0 Å². The zero-order valence-electron chi connectivity index (χ0n) is 13.4. The minimum Gasteiger partial charge on any atom is -0.361 e. The third-order valence-corrected chi connectivity index (χ3v) is 4.22. The van der Waals surface area contributed by atoms with Gasteiger partial charge in [0.05, 0.1) is 11.7 Å². The molecular formula is C16H21N3O3. The van der Waals surface area contributed by atoms with Gasteiger partial charge in [-0.05, 0) is 26.7 Å². The van der Waals surface area contributed by atoms with Crippen LogP contribution in [0, 0.1) is 13.8 Å². The quantitative estimate of drug-likeness (QED) is 0.869. The number of aryl methyl sites for hydroxylation is 2. The van der Waals surface area contributed by atoms with Crippen LogP contribution in [0.15, 0.2) is 15.1 Å². The van der Waals surface area contributed by atoms with Gasteiger partial charge in [0.15, 0.2) is 0 Å². The molecule has 118 valence electrons. The second-order valence-electron chi connectivity index (χ2n) is 6.16. The lowest BCUT2D eigenvalue weighted by molar-refractivity contribution is 0.0728. The van der Waals surface area contributed by atoms with Crippen LogP contribution in [-0.4, -0.2) is 27.7 Å². The van der Waals surface area contributed by atoms with Crippen molar-refractivity contribution in [1.29, 1.82) is 0 Å². The lowest BCUT2D eigenvalue weighted by Gasteiger charge is -2.22. The summed E-state index contributed by atoms with van der Waals surface area (Å²) in [5.74, 6) is 1.67. The Morgan fingerprint density at radius 1 is 1.32 bits per heavy atom. The standard InChI is InChI=1S/C16H21N3O3/c1-9(2)14-8-12(18-22-14)13-6-5-7-19(13)16(20)15-10(3)17-21-11(15)4/h8-9,13H,5-7H2,1-4H3/t13-/m1/s1. The first kappa shape index (κ1) is 14.8. The second kappa shape index (κ2) is 5.59. The molecule has 0 N–H and O–H groups in total. The smallest absolute Gasteiger partial charge is 0.259 e. The number of hydrogen-bond acceptors (Lipinski definition) is 5. The molecule has 1 saturated heterocycles. The Balaban J connectivity index is 1.88. The highest BCUT2D eigenvalue weighted by atomic mass is 16.5. The van der Waals surface area contributed by atoms with Gasteiger partial charge in [-0.15, -0.1) is 0 Å². The topological polar surface area (TPSA) is 72.4 Å². The van der Waals surface area contributed by atoms with E-state index in [1.54, 1.807) is 13.8 Å². The minimum absolute atomic E-state index is 0.0301. The highest BCUT2D eigenvalue weighted by Crippen LogP contribution is 2.34. The molecule has 1 fully saturated rings. The number of carbonyl (C=O) groups is 1. The van der Waals surface area contributed by atoms with Gasteiger partial charge in [0.1, 0.15) is 22.8 Å². The maximum atomic E-state index is 12.8.